The van der Waals surface area contributed by atoms with Gasteiger partial charge in [-0.3, -0.25) is 5.32 Å². The molecule has 5 aromatic carbocycles. The van der Waals surface area contributed by atoms with Crippen molar-refractivity contribution in [3.63, 3.8) is 0 Å². The Morgan fingerprint density at radius 3 is 2.04 bits per heavy atom. The molecule has 0 spiro atoms. The molecule has 2 atom stereocenters. The number of hydrogen-bond acceptors (Lipinski definition) is 9. The molecule has 0 aromatic heterocycles. The van der Waals surface area contributed by atoms with Crippen LogP contribution in [0, 0.1) is 13.8 Å². The van der Waals surface area contributed by atoms with Crippen LogP contribution in [-0.4, -0.2) is 30.8 Å². The maximum Gasteiger partial charge on any atom is 0.197 e. The zero-order chi connectivity index (χ0) is 37.9. The molecule has 0 amide bonds. The van der Waals surface area contributed by atoms with Crippen LogP contribution in [0.25, 0.3) is 16.8 Å². The Labute approximate surface area is 327 Å². The van der Waals surface area contributed by atoms with Crippen LogP contribution < -0.4 is 14.8 Å². The van der Waals surface area contributed by atoms with Crippen LogP contribution in [0.4, 0.5) is 0 Å². The topological polar surface area (TPSA) is 73.7 Å². The highest BCUT2D eigenvalue weighted by Crippen LogP contribution is 2.38. The number of hydrogen-bond donors (Lipinski definition) is 1. The van der Waals surface area contributed by atoms with E-state index in [0.717, 1.165) is 73.9 Å². The predicted octanol–water partition coefficient (Wildman–Crippen LogP) is 11.6. The number of likely N-dealkylation sites (N-methyl/N-ethyl adjacent to an activating group) is 1. The van der Waals surface area contributed by atoms with Crippen LogP contribution in [-0.2, 0) is 15.0 Å². The first-order chi connectivity index (χ1) is 26.4. The second-order valence-corrected chi connectivity index (χ2v) is 14.6. The lowest BCUT2D eigenvalue weighted by atomic mass is 9.91. The molecule has 7 nitrogen and oxygen atoms in total. The molecule has 0 fully saturated rings. The largest absolute Gasteiger partial charge is 0.484 e. The van der Waals surface area contributed by atoms with Crippen LogP contribution in [0.2, 0.25) is 0 Å². The van der Waals surface area contributed by atoms with Crippen LogP contribution in [0.15, 0.2) is 135 Å². The van der Waals surface area contributed by atoms with Crippen molar-refractivity contribution in [3.05, 3.63) is 149 Å². The van der Waals surface area contributed by atoms with E-state index in [1.165, 1.54) is 46.3 Å². The summed E-state index contributed by atoms with van der Waals surface area (Å²) in [6.45, 7) is 10.3. The van der Waals surface area contributed by atoms with Gasteiger partial charge in [0.25, 0.3) is 0 Å². The Bertz CT molecular complexity index is 2160. The smallest absolute Gasteiger partial charge is 0.197 e. The highest BCUT2D eigenvalue weighted by Gasteiger charge is 2.33. The van der Waals surface area contributed by atoms with Crippen LogP contribution in [0.1, 0.15) is 67.0 Å². The number of fused-ring (bicyclic) bond motifs is 6. The lowest BCUT2D eigenvalue weighted by molar-refractivity contribution is 0.250. The van der Waals surface area contributed by atoms with Crippen LogP contribution in [0.3, 0.4) is 0 Å². The number of oxime groups is 2. The fourth-order valence-corrected chi connectivity index (χ4v) is 7.17. The van der Waals surface area contributed by atoms with E-state index in [9.17, 15) is 0 Å². The highest BCUT2D eigenvalue weighted by atomic mass is 32.2. The third-order valence-corrected chi connectivity index (χ3v) is 10.3. The third kappa shape index (κ3) is 9.39. The van der Waals surface area contributed by atoms with Gasteiger partial charge >= 0.3 is 0 Å². The molecule has 1 aliphatic carbocycles. The van der Waals surface area contributed by atoms with Gasteiger partial charge in [-0.2, -0.15) is 0 Å². The molecule has 2 unspecified atom stereocenters. The van der Waals surface area contributed by atoms with Crippen molar-refractivity contribution in [2.45, 2.75) is 76.0 Å². The van der Waals surface area contributed by atoms with E-state index in [1.807, 2.05) is 63.4 Å². The minimum Gasteiger partial charge on any atom is -0.484 e. The van der Waals surface area contributed by atoms with Gasteiger partial charge in [-0.15, -0.1) is 0 Å². The van der Waals surface area contributed by atoms with E-state index in [-0.39, 0.29) is 12.3 Å². The standard InChI is InChI=1S/C20H18N2O2S.C20H19NO2S.C5H10/c1-13-7-10-15(11-8-13)25-24-22-19-18-16-6-4-3-5-14(16)9-12-17(18)23-20(19)21-2;1-13-7-10-16(11-8-13)24-23-21-20-14(2)22-18-12-9-15-5-3-4-6-17(15)19(18)20;1-3-5-4-2/h3-12,20-21H,1-2H3;4,6-12,14H,3,5H2,1-2H3;3,5H,4H2,1-2H3/b22-19-;21-20+;5-3-. The Kier molecular flexibility index (Phi) is 13.5. The number of benzene rings is 5. The first-order valence-electron chi connectivity index (χ1n) is 18.3. The van der Waals surface area contributed by atoms with Crippen LogP contribution >= 0.6 is 24.1 Å². The minimum atomic E-state index is -0.320. The highest BCUT2D eigenvalue weighted by molar-refractivity contribution is 7.94. The quantitative estimate of drug-likeness (QED) is 0.0960. The Morgan fingerprint density at radius 1 is 0.778 bits per heavy atom. The molecule has 278 valence electrons. The Balaban J connectivity index is 0.000000164. The minimum absolute atomic E-state index is 0.0968. The molecule has 5 aromatic rings. The number of allylic oxidation sites excluding steroid dienone is 3. The molecule has 1 N–H and O–H groups in total. The van der Waals surface area contributed by atoms with Crippen molar-refractivity contribution in [2.75, 3.05) is 7.05 Å². The van der Waals surface area contributed by atoms with Gasteiger partial charge in [0, 0.05) is 0 Å². The second-order valence-electron chi connectivity index (χ2n) is 13.0. The van der Waals surface area contributed by atoms with E-state index in [4.69, 9.17) is 18.0 Å². The normalized spacial score (nSPS) is 17.8. The van der Waals surface area contributed by atoms with Gasteiger partial charge in [-0.25, -0.2) is 0 Å². The Morgan fingerprint density at radius 2 is 1.41 bits per heavy atom. The molecule has 0 saturated carbocycles. The summed E-state index contributed by atoms with van der Waals surface area (Å²) in [4.78, 5) is 2.04. The van der Waals surface area contributed by atoms with E-state index in [0.29, 0.717) is 0 Å². The summed E-state index contributed by atoms with van der Waals surface area (Å²) in [6, 6.07) is 32.8. The summed E-state index contributed by atoms with van der Waals surface area (Å²) in [5.74, 6) is 1.72. The number of nitrogens with one attached hydrogen (secondary N) is 1. The fourth-order valence-electron chi connectivity index (χ4n) is 6.27. The van der Waals surface area contributed by atoms with Crippen molar-refractivity contribution in [3.8, 4) is 11.5 Å². The molecule has 0 saturated heterocycles. The first kappa shape index (κ1) is 38.8. The zero-order valence-electron chi connectivity index (χ0n) is 31.7. The van der Waals surface area contributed by atoms with E-state index < -0.39 is 0 Å². The fraction of sp³-hybridized carbons (Fsp3) is 0.244. The van der Waals surface area contributed by atoms with Gasteiger partial charge in [0.2, 0.25) is 0 Å². The van der Waals surface area contributed by atoms with Gasteiger partial charge in [-0.1, -0.05) is 113 Å². The molecule has 2 heterocycles. The van der Waals surface area contributed by atoms with E-state index >= 15 is 0 Å². The van der Waals surface area contributed by atoms with Crippen molar-refractivity contribution in [1.82, 2.24) is 5.32 Å². The number of aryl methyl sites for hydroxylation is 3. The third-order valence-electron chi connectivity index (χ3n) is 9.06. The van der Waals surface area contributed by atoms with Crippen molar-refractivity contribution >= 4 is 52.4 Å². The average molecular weight is 758 g/mol. The summed E-state index contributed by atoms with van der Waals surface area (Å²) in [6.07, 6.45) is 11.5. The lowest BCUT2D eigenvalue weighted by Crippen LogP contribution is -2.35. The number of rotatable bonds is 8. The SMILES string of the molecule is C/C=C\CC.CNC1Oc2ccc3ccccc3c2/C1=N/OSc1ccc(C)cc1.Cc1ccc(SO/N=C2/c3c(ccc4c3C=CCC4)OC2C)cc1. The lowest BCUT2D eigenvalue weighted by Gasteiger charge is -2.13. The Hall–Kier alpha value is -4.96. The number of ether oxygens (including phenoxy) is 2. The average Bonchev–Trinajstić information content (AvgIpc) is 3.73. The summed E-state index contributed by atoms with van der Waals surface area (Å²) in [7, 11) is 1.85. The molecular formula is C45H47N3O4S2. The maximum absolute atomic E-state index is 5.96. The summed E-state index contributed by atoms with van der Waals surface area (Å²) >= 11 is 2.51. The zero-order valence-corrected chi connectivity index (χ0v) is 33.3. The number of nitrogens with zero attached hydrogens (tertiary/aromatic N) is 2. The van der Waals surface area contributed by atoms with Crippen molar-refractivity contribution in [1.29, 1.82) is 0 Å². The molecule has 0 bridgehead atoms. The molecule has 0 radical (unpaired) electrons. The predicted molar refractivity (Wildman–Crippen MR) is 226 cm³/mol. The monoisotopic (exact) mass is 757 g/mol. The van der Waals surface area contributed by atoms with Crippen LogP contribution in [0.5, 0.6) is 11.5 Å². The van der Waals surface area contributed by atoms with E-state index in [1.54, 1.807) is 0 Å². The summed E-state index contributed by atoms with van der Waals surface area (Å²) in [5, 5.41) is 14.2. The summed E-state index contributed by atoms with van der Waals surface area (Å²) < 4.78 is 23.0. The van der Waals surface area contributed by atoms with E-state index in [2.05, 4.69) is 115 Å². The molecule has 2 aliphatic heterocycles. The molecule has 8 rings (SSSR count). The van der Waals surface area contributed by atoms with Crippen molar-refractivity contribution in [2.24, 2.45) is 10.3 Å². The first-order valence-corrected chi connectivity index (χ1v) is 19.8. The molecule has 9 heteroatoms. The molecule has 54 heavy (non-hydrogen) atoms. The van der Waals surface area contributed by atoms with Gasteiger partial charge in [0.15, 0.2) is 6.23 Å². The second kappa shape index (κ2) is 18.9. The van der Waals surface area contributed by atoms with Crippen molar-refractivity contribution < 1.29 is 18.0 Å². The van der Waals surface area contributed by atoms with Gasteiger partial charge in [0.05, 0.1) is 20.9 Å². The maximum atomic E-state index is 5.96. The summed E-state index contributed by atoms with van der Waals surface area (Å²) in [5.41, 5.74) is 8.73. The van der Waals surface area contributed by atoms with Gasteiger partial charge in [-0.05, 0) is 112 Å². The molecule has 3 aliphatic rings. The van der Waals surface area contributed by atoms with Gasteiger partial charge < -0.3 is 18.0 Å². The van der Waals surface area contributed by atoms with Gasteiger partial charge in [0.1, 0.15) is 53.1 Å². The molecular weight excluding hydrogens is 711 g/mol.